The lowest BCUT2D eigenvalue weighted by atomic mass is 10.0. The van der Waals surface area contributed by atoms with E-state index < -0.39 is 6.10 Å². The van der Waals surface area contributed by atoms with E-state index in [0.717, 1.165) is 36.2 Å². The normalized spacial score (nSPS) is 18.9. The number of aromatic nitrogens is 3. The minimum atomic E-state index is -0.556. The van der Waals surface area contributed by atoms with Gasteiger partial charge in [0.2, 0.25) is 0 Å². The summed E-state index contributed by atoms with van der Waals surface area (Å²) in [6, 6.07) is 13.8. The Morgan fingerprint density at radius 3 is 2.82 bits per heavy atom. The van der Waals surface area contributed by atoms with Crippen molar-refractivity contribution in [1.29, 1.82) is 0 Å². The fourth-order valence-corrected chi connectivity index (χ4v) is 4.37. The Morgan fingerprint density at radius 2 is 2.09 bits per heavy atom. The van der Waals surface area contributed by atoms with Crippen LogP contribution in [0.3, 0.4) is 0 Å². The monoisotopic (exact) mass is 449 g/mol. The lowest BCUT2D eigenvalue weighted by molar-refractivity contribution is 0.0783. The molecule has 1 amide bonds. The van der Waals surface area contributed by atoms with Crippen molar-refractivity contribution in [3.8, 4) is 0 Å². The lowest BCUT2D eigenvalue weighted by Gasteiger charge is -2.20. The predicted molar refractivity (Wildman–Crippen MR) is 124 cm³/mol. The number of aliphatic hydroxyl groups excluding tert-OH is 1. The number of aliphatic hydroxyl groups is 1. The summed E-state index contributed by atoms with van der Waals surface area (Å²) in [5, 5.41) is 21.3. The molecule has 8 nitrogen and oxygen atoms in total. The highest BCUT2D eigenvalue weighted by atomic mass is 16.5. The third-order valence-electron chi connectivity index (χ3n) is 6.10. The van der Waals surface area contributed by atoms with Crippen molar-refractivity contribution in [3.63, 3.8) is 0 Å². The van der Waals surface area contributed by atoms with Gasteiger partial charge in [0.25, 0.3) is 5.91 Å². The van der Waals surface area contributed by atoms with E-state index in [1.807, 2.05) is 42.5 Å². The summed E-state index contributed by atoms with van der Waals surface area (Å²) in [4.78, 5) is 18.6. The predicted octanol–water partition coefficient (Wildman–Crippen LogP) is 2.62. The quantitative estimate of drug-likeness (QED) is 0.464. The number of carbonyl (C=O) groups is 1. The summed E-state index contributed by atoms with van der Waals surface area (Å²) in [5.41, 5.74) is 4.34. The maximum atomic E-state index is 12.8. The number of hydrogen-bond donors (Lipinski definition) is 3. The van der Waals surface area contributed by atoms with Crippen LogP contribution in [0.2, 0.25) is 0 Å². The molecule has 1 aromatic carbocycles. The van der Waals surface area contributed by atoms with E-state index in [-0.39, 0.29) is 11.9 Å². The molecule has 2 aromatic heterocycles. The molecule has 4 rings (SSSR count). The first-order valence-electron chi connectivity index (χ1n) is 11.2. The second kappa shape index (κ2) is 10.7. The fraction of sp³-hybridized carbons (Fsp3) is 0.400. The molecule has 1 saturated heterocycles. The number of H-pyrrole nitrogens is 1. The van der Waals surface area contributed by atoms with Gasteiger partial charge in [0, 0.05) is 49.8 Å². The molecular weight excluding hydrogens is 418 g/mol. The molecule has 0 radical (unpaired) electrons. The van der Waals surface area contributed by atoms with Crippen molar-refractivity contribution in [2.45, 2.75) is 50.6 Å². The summed E-state index contributed by atoms with van der Waals surface area (Å²) in [6.07, 6.45) is 5.65. The summed E-state index contributed by atoms with van der Waals surface area (Å²) >= 11 is 0. The van der Waals surface area contributed by atoms with Gasteiger partial charge in [-0.3, -0.25) is 14.9 Å². The van der Waals surface area contributed by atoms with Gasteiger partial charge in [0.15, 0.2) is 0 Å². The highest BCUT2D eigenvalue weighted by Crippen LogP contribution is 2.26. The van der Waals surface area contributed by atoms with Gasteiger partial charge < -0.3 is 20.1 Å². The van der Waals surface area contributed by atoms with Crippen LogP contribution in [0.15, 0.2) is 54.9 Å². The molecule has 3 aromatic rings. The van der Waals surface area contributed by atoms with E-state index >= 15 is 0 Å². The number of nitrogens with one attached hydrogen (secondary N) is 2. The van der Waals surface area contributed by atoms with Crippen LogP contribution in [0.1, 0.15) is 51.8 Å². The average molecular weight is 450 g/mol. The van der Waals surface area contributed by atoms with Gasteiger partial charge in [-0.05, 0) is 49.1 Å². The molecule has 1 unspecified atom stereocenters. The number of aromatic amines is 1. The second-order valence-electron chi connectivity index (χ2n) is 8.66. The molecule has 1 fully saturated rings. The Balaban J connectivity index is 1.29. The Morgan fingerprint density at radius 1 is 1.27 bits per heavy atom. The Bertz CT molecular complexity index is 1040. The van der Waals surface area contributed by atoms with Gasteiger partial charge in [-0.25, -0.2) is 0 Å². The Kier molecular flexibility index (Phi) is 7.49. The average Bonchev–Trinajstić information content (AvgIpc) is 3.49. The first-order valence-corrected chi connectivity index (χ1v) is 11.2. The molecule has 3 atom stereocenters. The molecule has 1 aliphatic heterocycles. The summed E-state index contributed by atoms with van der Waals surface area (Å²) in [5.74, 6) is -0.0388. The first kappa shape index (κ1) is 23.1. The SMILES string of the molecule is COCc1cc(CN(C)C(=O)c2ccc(C[C@@H]3CCC([C@H](O)c4cccnc4)N3)cc2)[nH]n1. The van der Waals surface area contributed by atoms with E-state index in [1.165, 1.54) is 5.56 Å². The van der Waals surface area contributed by atoms with E-state index in [1.54, 1.807) is 31.5 Å². The summed E-state index contributed by atoms with van der Waals surface area (Å²) in [7, 11) is 3.41. The highest BCUT2D eigenvalue weighted by molar-refractivity contribution is 5.94. The molecule has 174 valence electrons. The topological polar surface area (TPSA) is 103 Å². The van der Waals surface area contributed by atoms with Crippen LogP contribution in [0.4, 0.5) is 0 Å². The maximum Gasteiger partial charge on any atom is 0.253 e. The number of carbonyl (C=O) groups excluding carboxylic acids is 1. The molecule has 3 heterocycles. The van der Waals surface area contributed by atoms with Crippen molar-refractivity contribution in [2.75, 3.05) is 14.2 Å². The van der Waals surface area contributed by atoms with Crippen molar-refractivity contribution in [1.82, 2.24) is 25.4 Å². The molecule has 0 bridgehead atoms. The van der Waals surface area contributed by atoms with E-state index in [2.05, 4.69) is 20.5 Å². The number of benzene rings is 1. The number of amides is 1. The zero-order valence-electron chi connectivity index (χ0n) is 19.1. The van der Waals surface area contributed by atoms with Crippen LogP contribution in [0.25, 0.3) is 0 Å². The second-order valence-corrected chi connectivity index (χ2v) is 8.66. The number of hydrogen-bond acceptors (Lipinski definition) is 6. The van der Waals surface area contributed by atoms with Crippen LogP contribution < -0.4 is 5.32 Å². The van der Waals surface area contributed by atoms with Crippen molar-refractivity contribution in [2.24, 2.45) is 0 Å². The fourth-order valence-electron chi connectivity index (χ4n) is 4.37. The smallest absolute Gasteiger partial charge is 0.253 e. The molecule has 0 aliphatic carbocycles. The Hall–Kier alpha value is -3.07. The molecule has 3 N–H and O–H groups in total. The lowest BCUT2D eigenvalue weighted by Crippen LogP contribution is -2.35. The van der Waals surface area contributed by atoms with Gasteiger partial charge >= 0.3 is 0 Å². The minimum Gasteiger partial charge on any atom is -0.387 e. The molecule has 1 aliphatic rings. The highest BCUT2D eigenvalue weighted by Gasteiger charge is 2.30. The maximum absolute atomic E-state index is 12.8. The number of nitrogens with zero attached hydrogens (tertiary/aromatic N) is 3. The third kappa shape index (κ3) is 5.84. The van der Waals surface area contributed by atoms with E-state index in [4.69, 9.17) is 4.74 Å². The van der Waals surface area contributed by atoms with Gasteiger partial charge in [0.1, 0.15) is 0 Å². The van der Waals surface area contributed by atoms with E-state index in [0.29, 0.717) is 24.8 Å². The van der Waals surface area contributed by atoms with E-state index in [9.17, 15) is 9.90 Å². The van der Waals surface area contributed by atoms with Crippen LogP contribution in [-0.2, 0) is 24.3 Å². The van der Waals surface area contributed by atoms with Crippen molar-refractivity contribution >= 4 is 5.91 Å². The number of rotatable bonds is 9. The van der Waals surface area contributed by atoms with Crippen molar-refractivity contribution < 1.29 is 14.6 Å². The molecule has 8 heteroatoms. The van der Waals surface area contributed by atoms with Crippen molar-refractivity contribution in [3.05, 3.63) is 82.9 Å². The minimum absolute atomic E-state index is 0.0283. The van der Waals surface area contributed by atoms with Gasteiger partial charge in [-0.1, -0.05) is 18.2 Å². The standard InChI is InChI=1S/C25H31N5O3/c1-30(15-21-13-22(16-33-2)29-28-21)25(32)18-7-5-17(6-8-18)12-20-9-10-23(27-20)24(31)19-4-3-11-26-14-19/h3-8,11,13-14,20,23-24,27,31H,9-10,12,15-16H2,1-2H3,(H,28,29)/t20-,23?,24+/m0/s1. The van der Waals surface area contributed by atoms with Crippen LogP contribution >= 0.6 is 0 Å². The largest absolute Gasteiger partial charge is 0.387 e. The van der Waals surface area contributed by atoms with Gasteiger partial charge in [0.05, 0.1) is 30.6 Å². The van der Waals surface area contributed by atoms with Crippen LogP contribution in [-0.4, -0.2) is 57.3 Å². The third-order valence-corrected chi connectivity index (χ3v) is 6.10. The van der Waals surface area contributed by atoms with Crippen LogP contribution in [0, 0.1) is 0 Å². The summed E-state index contributed by atoms with van der Waals surface area (Å²) in [6.45, 7) is 0.887. The van der Waals surface area contributed by atoms with Gasteiger partial charge in [-0.15, -0.1) is 0 Å². The zero-order valence-corrected chi connectivity index (χ0v) is 19.1. The molecule has 0 saturated carbocycles. The molecule has 0 spiro atoms. The number of ether oxygens (including phenoxy) is 1. The zero-order chi connectivity index (χ0) is 23.2. The Labute approximate surface area is 194 Å². The van der Waals surface area contributed by atoms with Gasteiger partial charge in [-0.2, -0.15) is 5.10 Å². The number of methoxy groups -OCH3 is 1. The molecule has 33 heavy (non-hydrogen) atoms. The number of pyridine rings is 1. The first-order chi connectivity index (χ1) is 16.0. The molecular formula is C25H31N5O3. The van der Waals surface area contributed by atoms with Crippen LogP contribution in [0.5, 0.6) is 0 Å². The summed E-state index contributed by atoms with van der Waals surface area (Å²) < 4.78 is 5.08.